The Kier molecular flexibility index (Phi) is 5.85. The Morgan fingerprint density at radius 1 is 1.10 bits per heavy atom. The number of nitrogens with zero attached hydrogens (tertiary/aromatic N) is 1. The molecule has 0 aliphatic rings. The first-order chi connectivity index (χ1) is 15.0. The van der Waals surface area contributed by atoms with Gasteiger partial charge in [0.05, 0.1) is 5.69 Å². The van der Waals surface area contributed by atoms with Crippen LogP contribution < -0.4 is 11.1 Å². The summed E-state index contributed by atoms with van der Waals surface area (Å²) in [5.41, 5.74) is 11.4. The lowest BCUT2D eigenvalue weighted by Crippen LogP contribution is -2.16. The largest absolute Gasteiger partial charge is 0.399 e. The quantitative estimate of drug-likeness (QED) is 0.353. The molecule has 0 bridgehead atoms. The van der Waals surface area contributed by atoms with E-state index in [2.05, 4.69) is 23.8 Å². The maximum Gasteiger partial charge on any atom is 0.134 e. The van der Waals surface area contributed by atoms with E-state index < -0.39 is 6.04 Å². The van der Waals surface area contributed by atoms with Crippen molar-refractivity contribution in [2.24, 2.45) is 5.73 Å². The number of hydrogen-bond donors (Lipinski definition) is 3. The second-order valence-corrected chi connectivity index (χ2v) is 7.43. The summed E-state index contributed by atoms with van der Waals surface area (Å²) in [6, 6.07) is 22.2. The number of aryl methyl sites for hydroxylation is 1. The van der Waals surface area contributed by atoms with E-state index in [4.69, 9.17) is 10.7 Å². The van der Waals surface area contributed by atoms with Gasteiger partial charge >= 0.3 is 0 Å². The number of nitrogens with two attached hydrogens (primary N) is 1. The average Bonchev–Trinajstić information content (AvgIpc) is 3.29. The van der Waals surface area contributed by atoms with Gasteiger partial charge in [-0.2, -0.15) is 0 Å². The lowest BCUT2D eigenvalue weighted by Gasteiger charge is -2.20. The summed E-state index contributed by atoms with van der Waals surface area (Å²) in [7, 11) is 0. The van der Waals surface area contributed by atoms with Gasteiger partial charge in [-0.15, -0.1) is 0 Å². The number of aromatic amines is 1. The van der Waals surface area contributed by atoms with Crippen molar-refractivity contribution >= 4 is 11.4 Å². The molecule has 4 N–H and O–H groups in total. The van der Waals surface area contributed by atoms with Gasteiger partial charge in [0.25, 0.3) is 0 Å². The lowest BCUT2D eigenvalue weighted by atomic mass is 10.0. The fraction of sp³-hybridized carbons (Fsp3) is 0.115. The van der Waals surface area contributed by atoms with E-state index in [0.717, 1.165) is 34.5 Å². The molecule has 0 amide bonds. The van der Waals surface area contributed by atoms with Gasteiger partial charge < -0.3 is 16.0 Å². The summed E-state index contributed by atoms with van der Waals surface area (Å²) >= 11 is 0. The van der Waals surface area contributed by atoms with Crippen LogP contribution in [0.3, 0.4) is 0 Å². The zero-order chi connectivity index (χ0) is 21.8. The van der Waals surface area contributed by atoms with Crippen LogP contribution in [-0.2, 0) is 6.42 Å². The Labute approximate surface area is 181 Å². The number of H-pyrrole nitrogens is 1. The van der Waals surface area contributed by atoms with Crippen molar-refractivity contribution in [3.05, 3.63) is 114 Å². The molecule has 0 saturated heterocycles. The average molecular weight is 413 g/mol. The minimum Gasteiger partial charge on any atom is -0.399 e. The molecule has 1 unspecified atom stereocenters. The molecule has 0 aliphatic heterocycles. The van der Waals surface area contributed by atoms with E-state index in [1.165, 1.54) is 6.07 Å². The lowest BCUT2D eigenvalue weighted by molar-refractivity contribution is 0.600. The predicted octanol–water partition coefficient (Wildman–Crippen LogP) is 5.91. The summed E-state index contributed by atoms with van der Waals surface area (Å²) < 4.78 is 14.9. The van der Waals surface area contributed by atoms with Gasteiger partial charge in [0.1, 0.15) is 17.7 Å². The molecule has 0 saturated carbocycles. The van der Waals surface area contributed by atoms with Crippen molar-refractivity contribution < 1.29 is 4.39 Å². The van der Waals surface area contributed by atoms with Crippen LogP contribution in [0.2, 0.25) is 0 Å². The number of rotatable bonds is 7. The molecule has 1 atom stereocenters. The molecule has 0 aliphatic carbocycles. The van der Waals surface area contributed by atoms with E-state index in [-0.39, 0.29) is 5.82 Å². The molecule has 1 heterocycles. The molecular weight excluding hydrogens is 387 g/mol. The Morgan fingerprint density at radius 2 is 1.84 bits per heavy atom. The Balaban J connectivity index is 1.74. The van der Waals surface area contributed by atoms with Gasteiger partial charge in [0.15, 0.2) is 0 Å². The molecular formula is C26H25FN4. The minimum absolute atomic E-state index is 0.278. The Hall–Kier alpha value is -3.86. The van der Waals surface area contributed by atoms with E-state index >= 15 is 0 Å². The van der Waals surface area contributed by atoms with Gasteiger partial charge in [0.2, 0.25) is 0 Å². The van der Waals surface area contributed by atoms with Gasteiger partial charge in [-0.05, 0) is 35.7 Å². The normalized spacial score (nSPS) is 11.8. The van der Waals surface area contributed by atoms with Crippen LogP contribution in [0.15, 0.2) is 85.6 Å². The molecule has 4 aromatic rings. The fourth-order valence-corrected chi connectivity index (χ4v) is 3.52. The van der Waals surface area contributed by atoms with Crippen molar-refractivity contribution in [1.82, 2.24) is 9.97 Å². The zero-order valence-electron chi connectivity index (χ0n) is 17.4. The molecule has 156 valence electrons. The van der Waals surface area contributed by atoms with Crippen molar-refractivity contribution in [3.8, 4) is 11.3 Å². The molecule has 0 radical (unpaired) electrons. The highest BCUT2D eigenvalue weighted by Crippen LogP contribution is 2.30. The summed E-state index contributed by atoms with van der Waals surface area (Å²) in [4.78, 5) is 8.02. The van der Waals surface area contributed by atoms with Crippen LogP contribution in [0.1, 0.15) is 35.5 Å². The van der Waals surface area contributed by atoms with Gasteiger partial charge in [-0.1, -0.05) is 68.1 Å². The molecule has 5 heteroatoms. The molecule has 31 heavy (non-hydrogen) atoms. The van der Waals surface area contributed by atoms with E-state index in [1.807, 2.05) is 72.9 Å². The maximum atomic E-state index is 14.9. The smallest absolute Gasteiger partial charge is 0.134 e. The second kappa shape index (κ2) is 8.88. The number of anilines is 1. The third-order valence-electron chi connectivity index (χ3n) is 5.29. The molecule has 4 rings (SSSR count). The standard InChI is InChI=1S/C26H25FN4/c1-3-18-9-14-23(27)22(15-18)25(30-21-12-10-19(11-13-21)17(2)28)26-29-16-24(31-26)20-7-5-4-6-8-20/h4-16,25,30H,2-3,28H2,1H3,(H,29,31). The highest BCUT2D eigenvalue weighted by molar-refractivity contribution is 5.63. The Morgan fingerprint density at radius 3 is 2.52 bits per heavy atom. The minimum atomic E-state index is -0.490. The first-order valence-electron chi connectivity index (χ1n) is 10.3. The number of imidazole rings is 1. The first kappa shape index (κ1) is 20.4. The first-order valence-corrected chi connectivity index (χ1v) is 10.3. The van der Waals surface area contributed by atoms with E-state index in [1.54, 1.807) is 0 Å². The van der Waals surface area contributed by atoms with Gasteiger partial charge in [-0.3, -0.25) is 0 Å². The van der Waals surface area contributed by atoms with Crippen LogP contribution in [-0.4, -0.2) is 9.97 Å². The highest BCUT2D eigenvalue weighted by atomic mass is 19.1. The van der Waals surface area contributed by atoms with Gasteiger partial charge in [0, 0.05) is 28.7 Å². The van der Waals surface area contributed by atoms with Crippen molar-refractivity contribution in [2.45, 2.75) is 19.4 Å². The number of benzene rings is 3. The SMILES string of the molecule is C=C(N)c1ccc(NC(c2nc(-c3ccccc3)c[nH]2)c2cc(CC)ccc2F)cc1. The van der Waals surface area contributed by atoms with Crippen LogP contribution >= 0.6 is 0 Å². The molecule has 0 spiro atoms. The topological polar surface area (TPSA) is 66.7 Å². The third-order valence-corrected chi connectivity index (χ3v) is 5.29. The van der Waals surface area contributed by atoms with Crippen molar-refractivity contribution in [2.75, 3.05) is 5.32 Å². The summed E-state index contributed by atoms with van der Waals surface area (Å²) in [5, 5.41) is 3.43. The summed E-state index contributed by atoms with van der Waals surface area (Å²) in [6.45, 7) is 5.82. The number of nitrogens with one attached hydrogen (secondary N) is 2. The molecule has 0 fully saturated rings. The van der Waals surface area contributed by atoms with Gasteiger partial charge in [-0.25, -0.2) is 9.37 Å². The van der Waals surface area contributed by atoms with Crippen LogP contribution in [0.5, 0.6) is 0 Å². The zero-order valence-corrected chi connectivity index (χ0v) is 17.4. The monoisotopic (exact) mass is 412 g/mol. The predicted molar refractivity (Wildman–Crippen MR) is 125 cm³/mol. The highest BCUT2D eigenvalue weighted by Gasteiger charge is 2.22. The van der Waals surface area contributed by atoms with Crippen molar-refractivity contribution in [1.29, 1.82) is 0 Å². The third kappa shape index (κ3) is 4.51. The maximum absolute atomic E-state index is 14.9. The number of halogens is 1. The fourth-order valence-electron chi connectivity index (χ4n) is 3.52. The van der Waals surface area contributed by atoms with Crippen LogP contribution in [0.25, 0.3) is 17.0 Å². The molecule has 1 aromatic heterocycles. The van der Waals surface area contributed by atoms with Crippen molar-refractivity contribution in [3.63, 3.8) is 0 Å². The summed E-state index contributed by atoms with van der Waals surface area (Å²) in [5.74, 6) is 0.359. The number of hydrogen-bond acceptors (Lipinski definition) is 3. The van der Waals surface area contributed by atoms with E-state index in [9.17, 15) is 4.39 Å². The van der Waals surface area contributed by atoms with Crippen LogP contribution in [0, 0.1) is 5.82 Å². The molecule has 4 nitrogen and oxygen atoms in total. The molecule has 3 aromatic carbocycles. The van der Waals surface area contributed by atoms with Crippen LogP contribution in [0.4, 0.5) is 10.1 Å². The summed E-state index contributed by atoms with van der Waals surface area (Å²) in [6.07, 6.45) is 2.67. The number of aromatic nitrogens is 2. The second-order valence-electron chi connectivity index (χ2n) is 7.43. The van der Waals surface area contributed by atoms with E-state index in [0.29, 0.717) is 17.1 Å². The Bertz CT molecular complexity index is 1180.